The third-order valence-corrected chi connectivity index (χ3v) is 6.94. The minimum Gasteiger partial charge on any atom is -0.352 e. The average molecular weight is 465 g/mol. The molecule has 2 aromatic carbocycles. The second-order valence-electron chi connectivity index (χ2n) is 7.47. The molecule has 166 valence electrons. The van der Waals surface area contributed by atoms with Gasteiger partial charge in [-0.05, 0) is 44.2 Å². The zero-order valence-corrected chi connectivity index (χ0v) is 19.4. The third-order valence-electron chi connectivity index (χ3n) is 5.53. The number of nitrogens with one attached hydrogen (secondary N) is 2. The molecule has 1 aliphatic heterocycles. The first-order valence-electron chi connectivity index (χ1n) is 10.6. The van der Waals surface area contributed by atoms with Crippen molar-refractivity contribution >= 4 is 40.9 Å². The van der Waals surface area contributed by atoms with Gasteiger partial charge in [0.15, 0.2) is 0 Å². The van der Waals surface area contributed by atoms with Crippen LogP contribution in [0.5, 0.6) is 0 Å². The number of anilines is 1. The van der Waals surface area contributed by atoms with Crippen molar-refractivity contribution in [3.05, 3.63) is 58.4 Å². The first kappa shape index (κ1) is 23.6. The Bertz CT molecular complexity index is 932. The summed E-state index contributed by atoms with van der Waals surface area (Å²) in [6.07, 6.45) is 0.903. The van der Waals surface area contributed by atoms with Crippen LogP contribution in [0, 0.1) is 5.82 Å². The Labute approximate surface area is 191 Å². The predicted molar refractivity (Wildman–Crippen MR) is 124 cm³/mol. The molecule has 0 spiro atoms. The molecular weight excluding hydrogens is 437 g/mol. The van der Waals surface area contributed by atoms with E-state index in [1.165, 1.54) is 33.7 Å². The number of thioether (sulfide) groups is 1. The molecule has 0 aliphatic carbocycles. The molecule has 0 saturated carbocycles. The molecule has 0 bridgehead atoms. The first-order chi connectivity index (χ1) is 14.9. The zero-order valence-electron chi connectivity index (χ0n) is 17.8. The average Bonchev–Trinajstić information content (AvgIpc) is 2.77. The summed E-state index contributed by atoms with van der Waals surface area (Å²) in [6.45, 7) is 8.09. The van der Waals surface area contributed by atoms with Gasteiger partial charge in [0.05, 0.1) is 37.6 Å². The molecule has 8 heteroatoms. The van der Waals surface area contributed by atoms with Crippen LogP contribution in [0.25, 0.3) is 0 Å². The van der Waals surface area contributed by atoms with Crippen LogP contribution in [-0.2, 0) is 11.3 Å². The van der Waals surface area contributed by atoms with E-state index in [4.69, 9.17) is 11.6 Å². The lowest BCUT2D eigenvalue weighted by Crippen LogP contribution is -3.11. The van der Waals surface area contributed by atoms with Gasteiger partial charge in [0, 0.05) is 34.0 Å². The summed E-state index contributed by atoms with van der Waals surface area (Å²) in [6, 6.07) is 9.79. The molecule has 1 heterocycles. The molecular formula is C23H28ClFN3O2S+. The van der Waals surface area contributed by atoms with E-state index in [0.29, 0.717) is 17.8 Å². The SMILES string of the molecule is CC[NH+](CC)CCCNC(=O)c1ccc2c(c1)N(Cc1c(F)cccc1Cl)C(=O)CS2. The minimum atomic E-state index is -0.454. The summed E-state index contributed by atoms with van der Waals surface area (Å²) in [5.74, 6) is -0.511. The fourth-order valence-corrected chi connectivity index (χ4v) is 4.74. The molecule has 3 rings (SSSR count). The number of carbonyl (C=O) groups is 2. The Morgan fingerprint density at radius 1 is 1.26 bits per heavy atom. The number of rotatable bonds is 9. The summed E-state index contributed by atoms with van der Waals surface area (Å²) in [5, 5.41) is 3.23. The maximum atomic E-state index is 14.3. The maximum Gasteiger partial charge on any atom is 0.251 e. The molecule has 2 amide bonds. The predicted octanol–water partition coefficient (Wildman–Crippen LogP) is 3.16. The largest absolute Gasteiger partial charge is 0.352 e. The van der Waals surface area contributed by atoms with Crippen molar-refractivity contribution in [1.29, 1.82) is 0 Å². The van der Waals surface area contributed by atoms with Crippen LogP contribution < -0.4 is 15.1 Å². The van der Waals surface area contributed by atoms with Crippen molar-refractivity contribution < 1.29 is 18.9 Å². The number of quaternary nitrogens is 1. The number of nitrogens with zero attached hydrogens (tertiary/aromatic N) is 1. The van der Waals surface area contributed by atoms with Gasteiger partial charge in [0.2, 0.25) is 5.91 Å². The van der Waals surface area contributed by atoms with Crippen LogP contribution in [0.3, 0.4) is 0 Å². The number of hydrogen-bond acceptors (Lipinski definition) is 3. The summed E-state index contributed by atoms with van der Waals surface area (Å²) in [4.78, 5) is 29.2. The molecule has 0 aromatic heterocycles. The maximum absolute atomic E-state index is 14.3. The highest BCUT2D eigenvalue weighted by Crippen LogP contribution is 2.37. The standard InChI is InChI=1S/C23H27ClFN3O2S/c1-3-27(4-2)12-6-11-26-23(30)16-9-10-21-20(13-16)28(22(29)15-31-21)14-17-18(24)7-5-8-19(17)25/h5,7-10,13H,3-4,6,11-12,14-15H2,1-2H3,(H,26,30)/p+1. The van der Waals surface area contributed by atoms with Crippen LogP contribution in [0.15, 0.2) is 41.3 Å². The van der Waals surface area contributed by atoms with E-state index in [1.54, 1.807) is 18.2 Å². The molecule has 2 N–H and O–H groups in total. The van der Waals surface area contributed by atoms with E-state index >= 15 is 0 Å². The Morgan fingerprint density at radius 2 is 2.03 bits per heavy atom. The van der Waals surface area contributed by atoms with Crippen LogP contribution in [0.2, 0.25) is 5.02 Å². The second kappa shape index (κ2) is 11.0. The molecule has 2 aromatic rings. The Hall–Kier alpha value is -2.09. The molecule has 5 nitrogen and oxygen atoms in total. The normalized spacial score (nSPS) is 13.5. The fourth-order valence-electron chi connectivity index (χ4n) is 3.60. The molecule has 31 heavy (non-hydrogen) atoms. The van der Waals surface area contributed by atoms with Crippen molar-refractivity contribution in [2.75, 3.05) is 36.8 Å². The summed E-state index contributed by atoms with van der Waals surface area (Å²) >= 11 is 7.59. The molecule has 1 aliphatic rings. The quantitative estimate of drug-likeness (QED) is 0.560. The van der Waals surface area contributed by atoms with Crippen LogP contribution in [0.1, 0.15) is 36.2 Å². The minimum absolute atomic E-state index is 0.0234. The van der Waals surface area contributed by atoms with Gasteiger partial charge >= 0.3 is 0 Å². The van der Waals surface area contributed by atoms with Gasteiger partial charge in [0.1, 0.15) is 5.82 Å². The molecule has 0 atom stereocenters. The van der Waals surface area contributed by atoms with E-state index in [9.17, 15) is 14.0 Å². The van der Waals surface area contributed by atoms with E-state index in [1.807, 2.05) is 6.07 Å². The lowest BCUT2D eigenvalue weighted by molar-refractivity contribution is -0.896. The number of hydrogen-bond donors (Lipinski definition) is 2. The number of fused-ring (bicyclic) bond motifs is 1. The molecule has 0 radical (unpaired) electrons. The lowest BCUT2D eigenvalue weighted by Gasteiger charge is -2.30. The van der Waals surface area contributed by atoms with Crippen molar-refractivity contribution in [2.24, 2.45) is 0 Å². The van der Waals surface area contributed by atoms with Gasteiger partial charge in [-0.2, -0.15) is 0 Å². The third kappa shape index (κ3) is 5.79. The number of amides is 2. The summed E-state index contributed by atoms with van der Waals surface area (Å²) in [7, 11) is 0. The van der Waals surface area contributed by atoms with Gasteiger partial charge < -0.3 is 15.1 Å². The number of carbonyl (C=O) groups excluding carboxylic acids is 2. The summed E-state index contributed by atoms with van der Waals surface area (Å²) < 4.78 is 14.3. The van der Waals surface area contributed by atoms with Crippen molar-refractivity contribution in [1.82, 2.24) is 5.32 Å². The van der Waals surface area contributed by atoms with Gasteiger partial charge in [-0.25, -0.2) is 4.39 Å². The number of halogens is 2. The van der Waals surface area contributed by atoms with E-state index in [0.717, 1.165) is 31.0 Å². The van der Waals surface area contributed by atoms with Gasteiger partial charge in [0.25, 0.3) is 5.91 Å². The zero-order chi connectivity index (χ0) is 22.4. The topological polar surface area (TPSA) is 53.9 Å². The van der Waals surface area contributed by atoms with Crippen molar-refractivity contribution in [2.45, 2.75) is 31.7 Å². The van der Waals surface area contributed by atoms with Gasteiger partial charge in [-0.15, -0.1) is 11.8 Å². The van der Waals surface area contributed by atoms with Gasteiger partial charge in [-0.3, -0.25) is 9.59 Å². The van der Waals surface area contributed by atoms with Crippen molar-refractivity contribution in [3.8, 4) is 0 Å². The fraction of sp³-hybridized carbons (Fsp3) is 0.391. The monoisotopic (exact) mass is 464 g/mol. The van der Waals surface area contributed by atoms with E-state index in [2.05, 4.69) is 19.2 Å². The molecule has 0 fully saturated rings. The van der Waals surface area contributed by atoms with Crippen LogP contribution in [-0.4, -0.2) is 43.7 Å². The van der Waals surface area contributed by atoms with Crippen molar-refractivity contribution in [3.63, 3.8) is 0 Å². The summed E-state index contributed by atoms with van der Waals surface area (Å²) in [5.41, 5.74) is 1.36. The Balaban J connectivity index is 1.74. The number of benzene rings is 2. The Kier molecular flexibility index (Phi) is 8.35. The smallest absolute Gasteiger partial charge is 0.251 e. The van der Waals surface area contributed by atoms with Crippen LogP contribution >= 0.6 is 23.4 Å². The second-order valence-corrected chi connectivity index (χ2v) is 8.89. The first-order valence-corrected chi connectivity index (χ1v) is 11.9. The Morgan fingerprint density at radius 3 is 2.74 bits per heavy atom. The lowest BCUT2D eigenvalue weighted by atomic mass is 10.1. The highest BCUT2D eigenvalue weighted by Gasteiger charge is 2.27. The van der Waals surface area contributed by atoms with Gasteiger partial charge in [-0.1, -0.05) is 17.7 Å². The highest BCUT2D eigenvalue weighted by molar-refractivity contribution is 8.00. The van der Waals surface area contributed by atoms with Crippen LogP contribution in [0.4, 0.5) is 10.1 Å². The van der Waals surface area contributed by atoms with E-state index in [-0.39, 0.29) is 34.7 Å². The molecule has 0 saturated heterocycles. The van der Waals surface area contributed by atoms with E-state index < -0.39 is 5.82 Å². The highest BCUT2D eigenvalue weighted by atomic mass is 35.5. The molecule has 0 unspecified atom stereocenters.